The van der Waals surface area contributed by atoms with E-state index in [1.54, 1.807) is 12.1 Å². The van der Waals surface area contributed by atoms with Crippen LogP contribution in [0.15, 0.2) is 30.3 Å². The molecule has 0 radical (unpaired) electrons. The van der Waals surface area contributed by atoms with Gasteiger partial charge in [-0.15, -0.1) is 0 Å². The number of ketones is 1. The van der Waals surface area contributed by atoms with E-state index in [0.717, 1.165) is 12.0 Å². The lowest BCUT2D eigenvalue weighted by Gasteiger charge is -2.01. The number of hydrogen-bond acceptors (Lipinski definition) is 3. The Morgan fingerprint density at radius 3 is 2.88 bits per heavy atom. The molecule has 0 unspecified atom stereocenters. The van der Waals surface area contributed by atoms with Gasteiger partial charge >= 0.3 is 0 Å². The van der Waals surface area contributed by atoms with Crippen molar-refractivity contribution in [1.82, 2.24) is 0 Å². The molecule has 1 aromatic carbocycles. The second-order valence-corrected chi connectivity index (χ2v) is 3.33. The summed E-state index contributed by atoms with van der Waals surface area (Å²) in [7, 11) is 0. The Labute approximate surface area is 95.2 Å². The first-order valence-corrected chi connectivity index (χ1v) is 5.15. The summed E-state index contributed by atoms with van der Waals surface area (Å²) >= 11 is 0. The maximum atomic E-state index is 11.6. The Kier molecular flexibility index (Phi) is 4.97. The molecular formula is C13H14N2O. The Bertz CT molecular complexity index is 430. The maximum absolute atomic E-state index is 11.6. The second-order valence-electron chi connectivity index (χ2n) is 3.33. The Morgan fingerprint density at radius 1 is 1.44 bits per heavy atom. The molecule has 0 fully saturated rings. The topological polar surface area (TPSA) is 66.9 Å². The van der Waals surface area contributed by atoms with Crippen molar-refractivity contribution in [2.24, 2.45) is 5.73 Å². The van der Waals surface area contributed by atoms with Crippen molar-refractivity contribution < 1.29 is 4.79 Å². The van der Waals surface area contributed by atoms with E-state index in [-0.39, 0.29) is 12.2 Å². The summed E-state index contributed by atoms with van der Waals surface area (Å²) in [5, 5.41) is 8.50. The van der Waals surface area contributed by atoms with Gasteiger partial charge in [-0.05, 0) is 18.5 Å². The van der Waals surface area contributed by atoms with E-state index in [9.17, 15) is 4.79 Å². The van der Waals surface area contributed by atoms with Crippen LogP contribution in [0.3, 0.4) is 0 Å². The van der Waals surface area contributed by atoms with Gasteiger partial charge in [0.25, 0.3) is 0 Å². The highest BCUT2D eigenvalue weighted by Crippen LogP contribution is 2.13. The standard InChI is InChI=1S/C13H14N2O/c14-9-4-3-6-11-5-1-2-7-12(11)13(16)8-10-15/h1-3,5-7H,4,8-9,14H2. The first-order chi connectivity index (χ1) is 7.79. The lowest BCUT2D eigenvalue weighted by molar-refractivity contribution is 0.0997. The van der Waals surface area contributed by atoms with E-state index in [1.807, 2.05) is 30.4 Å². The zero-order chi connectivity index (χ0) is 11.8. The zero-order valence-corrected chi connectivity index (χ0v) is 9.02. The van der Waals surface area contributed by atoms with E-state index < -0.39 is 0 Å². The van der Waals surface area contributed by atoms with Gasteiger partial charge in [-0.25, -0.2) is 0 Å². The number of carbonyl (C=O) groups is 1. The molecule has 0 atom stereocenters. The van der Waals surface area contributed by atoms with Crippen molar-refractivity contribution in [2.45, 2.75) is 12.8 Å². The number of nitrogens with two attached hydrogens (primary N) is 1. The fraction of sp³-hybridized carbons (Fsp3) is 0.231. The molecule has 82 valence electrons. The van der Waals surface area contributed by atoms with Crippen LogP contribution in [0.1, 0.15) is 28.8 Å². The van der Waals surface area contributed by atoms with Gasteiger partial charge in [0.05, 0.1) is 12.5 Å². The summed E-state index contributed by atoms with van der Waals surface area (Å²) in [5.41, 5.74) is 6.82. The van der Waals surface area contributed by atoms with Gasteiger partial charge in [0.2, 0.25) is 0 Å². The average molecular weight is 214 g/mol. The van der Waals surface area contributed by atoms with E-state index in [0.29, 0.717) is 12.1 Å². The SMILES string of the molecule is N#CCC(=O)c1ccccc1C=CCCN. The molecule has 3 nitrogen and oxygen atoms in total. The predicted octanol–water partition coefficient (Wildman–Crippen LogP) is 2.14. The third-order valence-corrected chi connectivity index (χ3v) is 2.13. The summed E-state index contributed by atoms with van der Waals surface area (Å²) in [6.45, 7) is 0.588. The van der Waals surface area contributed by atoms with Crippen LogP contribution in [0, 0.1) is 11.3 Å². The highest BCUT2D eigenvalue weighted by molar-refractivity contribution is 6.00. The number of hydrogen-bond donors (Lipinski definition) is 1. The summed E-state index contributed by atoms with van der Waals surface area (Å²) in [6, 6.07) is 9.13. The number of carbonyl (C=O) groups excluding carboxylic acids is 1. The van der Waals surface area contributed by atoms with Crippen molar-refractivity contribution in [3.63, 3.8) is 0 Å². The van der Waals surface area contributed by atoms with Gasteiger partial charge in [-0.1, -0.05) is 36.4 Å². The highest BCUT2D eigenvalue weighted by Gasteiger charge is 2.07. The molecule has 16 heavy (non-hydrogen) atoms. The number of nitrogens with zero attached hydrogens (tertiary/aromatic N) is 1. The monoisotopic (exact) mass is 214 g/mol. The Balaban J connectivity index is 2.92. The predicted molar refractivity (Wildman–Crippen MR) is 63.7 cm³/mol. The fourth-order valence-corrected chi connectivity index (χ4v) is 1.37. The van der Waals surface area contributed by atoms with Gasteiger partial charge in [-0.3, -0.25) is 4.79 Å². The van der Waals surface area contributed by atoms with Crippen molar-refractivity contribution in [2.75, 3.05) is 6.54 Å². The quantitative estimate of drug-likeness (QED) is 0.763. The third-order valence-electron chi connectivity index (χ3n) is 2.13. The molecule has 0 bridgehead atoms. The minimum atomic E-state index is -0.143. The maximum Gasteiger partial charge on any atom is 0.177 e. The minimum Gasteiger partial charge on any atom is -0.330 e. The molecule has 1 rings (SSSR count). The van der Waals surface area contributed by atoms with Gasteiger partial charge < -0.3 is 5.73 Å². The molecule has 0 saturated heterocycles. The summed E-state index contributed by atoms with van der Waals surface area (Å²) in [6.07, 6.45) is 4.50. The third kappa shape index (κ3) is 3.34. The highest BCUT2D eigenvalue weighted by atomic mass is 16.1. The van der Waals surface area contributed by atoms with Crippen LogP contribution < -0.4 is 5.73 Å². The van der Waals surface area contributed by atoms with Crippen LogP contribution in [-0.2, 0) is 0 Å². The van der Waals surface area contributed by atoms with Gasteiger partial charge in [0.1, 0.15) is 0 Å². The molecule has 0 aliphatic carbocycles. The van der Waals surface area contributed by atoms with Crippen molar-refractivity contribution in [3.05, 3.63) is 41.5 Å². The first-order valence-electron chi connectivity index (χ1n) is 5.15. The van der Waals surface area contributed by atoms with E-state index in [4.69, 9.17) is 11.0 Å². The van der Waals surface area contributed by atoms with Crippen molar-refractivity contribution in [1.29, 1.82) is 5.26 Å². The van der Waals surface area contributed by atoms with Crippen LogP contribution in [0.2, 0.25) is 0 Å². The molecular weight excluding hydrogens is 200 g/mol. The van der Waals surface area contributed by atoms with Crippen LogP contribution in [0.4, 0.5) is 0 Å². The number of nitriles is 1. The number of Topliss-reactive ketones (excluding diaryl/α,β-unsaturated/α-hetero) is 1. The molecule has 0 spiro atoms. The average Bonchev–Trinajstić information content (AvgIpc) is 2.30. The second kappa shape index (κ2) is 6.54. The summed E-state index contributed by atoms with van der Waals surface area (Å²) < 4.78 is 0. The van der Waals surface area contributed by atoms with Gasteiger partial charge in [0, 0.05) is 5.56 Å². The summed E-state index contributed by atoms with van der Waals surface area (Å²) in [5.74, 6) is -0.143. The lowest BCUT2D eigenvalue weighted by atomic mass is 10.0. The van der Waals surface area contributed by atoms with Crippen molar-refractivity contribution in [3.8, 4) is 6.07 Å². The molecule has 2 N–H and O–H groups in total. The molecule has 0 amide bonds. The van der Waals surface area contributed by atoms with E-state index in [1.165, 1.54) is 0 Å². The van der Waals surface area contributed by atoms with Crippen LogP contribution >= 0.6 is 0 Å². The van der Waals surface area contributed by atoms with Crippen molar-refractivity contribution >= 4 is 11.9 Å². The normalized spacial score (nSPS) is 10.2. The molecule has 0 aliphatic heterocycles. The van der Waals surface area contributed by atoms with Crippen LogP contribution in [-0.4, -0.2) is 12.3 Å². The molecule has 0 aliphatic rings. The van der Waals surface area contributed by atoms with E-state index >= 15 is 0 Å². The Hall–Kier alpha value is -1.92. The largest absolute Gasteiger partial charge is 0.330 e. The molecule has 0 saturated carbocycles. The van der Waals surface area contributed by atoms with E-state index in [2.05, 4.69) is 0 Å². The lowest BCUT2D eigenvalue weighted by Crippen LogP contribution is -2.00. The van der Waals surface area contributed by atoms with Gasteiger partial charge in [0.15, 0.2) is 5.78 Å². The molecule has 0 aromatic heterocycles. The first kappa shape index (κ1) is 12.2. The molecule has 0 heterocycles. The molecule has 1 aromatic rings. The number of rotatable bonds is 5. The summed E-state index contributed by atoms with van der Waals surface area (Å²) in [4.78, 5) is 11.6. The molecule has 3 heteroatoms. The fourth-order valence-electron chi connectivity index (χ4n) is 1.37. The van der Waals surface area contributed by atoms with Gasteiger partial charge in [-0.2, -0.15) is 5.26 Å². The van der Waals surface area contributed by atoms with Crippen LogP contribution in [0.5, 0.6) is 0 Å². The zero-order valence-electron chi connectivity index (χ0n) is 9.02. The Morgan fingerprint density at radius 2 is 2.19 bits per heavy atom. The van der Waals surface area contributed by atoms with Crippen LogP contribution in [0.25, 0.3) is 6.08 Å². The minimum absolute atomic E-state index is 0.0816. The number of benzene rings is 1. The smallest absolute Gasteiger partial charge is 0.177 e.